The molecule has 2 N–H and O–H groups in total. The van der Waals surface area contributed by atoms with Crippen LogP contribution in [-0.4, -0.2) is 26.0 Å². The normalized spacial score (nSPS) is 11.4. The summed E-state index contributed by atoms with van der Waals surface area (Å²) in [7, 11) is -3.74. The van der Waals surface area contributed by atoms with Crippen LogP contribution in [0.5, 0.6) is 0 Å². The molecule has 0 atom stereocenters. The number of carboxylic acids is 1. The summed E-state index contributed by atoms with van der Waals surface area (Å²) < 4.78 is 27.1. The number of nitrogens with one attached hydrogen (secondary N) is 1. The Morgan fingerprint density at radius 1 is 1.00 bits per heavy atom. The molecule has 2 aromatic carbocycles. The van der Waals surface area contributed by atoms with Gasteiger partial charge in [0.2, 0.25) is 10.0 Å². The Balaban J connectivity index is 1.93. The predicted octanol–water partition coefficient (Wildman–Crippen LogP) is 3.53. The van der Waals surface area contributed by atoms with Gasteiger partial charge in [0.15, 0.2) is 0 Å². The van der Waals surface area contributed by atoms with E-state index in [9.17, 15) is 13.2 Å². The first-order chi connectivity index (χ1) is 11.8. The van der Waals surface area contributed by atoms with Crippen LogP contribution in [0.2, 0.25) is 10.0 Å². The molecule has 8 heteroatoms. The van der Waals surface area contributed by atoms with Crippen molar-refractivity contribution in [3.8, 4) is 0 Å². The Morgan fingerprint density at radius 2 is 1.60 bits per heavy atom. The van der Waals surface area contributed by atoms with E-state index >= 15 is 0 Å². The summed E-state index contributed by atoms with van der Waals surface area (Å²) in [6, 6.07) is 11.7. The van der Waals surface area contributed by atoms with E-state index in [1.54, 1.807) is 0 Å². The van der Waals surface area contributed by atoms with Crippen LogP contribution in [0.15, 0.2) is 47.4 Å². The van der Waals surface area contributed by atoms with E-state index in [2.05, 4.69) is 4.72 Å². The van der Waals surface area contributed by atoms with E-state index in [1.165, 1.54) is 18.2 Å². The first-order valence-corrected chi connectivity index (χ1v) is 9.76. The zero-order valence-electron chi connectivity index (χ0n) is 13.2. The van der Waals surface area contributed by atoms with Crippen molar-refractivity contribution >= 4 is 39.2 Å². The van der Waals surface area contributed by atoms with E-state index in [0.29, 0.717) is 17.9 Å². The van der Waals surface area contributed by atoms with Crippen molar-refractivity contribution in [2.75, 3.05) is 6.54 Å². The van der Waals surface area contributed by atoms with Gasteiger partial charge in [0, 0.05) is 18.0 Å². The minimum absolute atomic E-state index is 0.0503. The van der Waals surface area contributed by atoms with Crippen molar-refractivity contribution in [1.29, 1.82) is 0 Å². The second-order valence-corrected chi connectivity index (χ2v) is 8.01. The van der Waals surface area contributed by atoms with Crippen LogP contribution >= 0.6 is 23.2 Å². The fourth-order valence-corrected chi connectivity index (χ4v) is 4.01. The molecule has 0 aromatic heterocycles. The lowest BCUT2D eigenvalue weighted by molar-refractivity contribution is -0.136. The second kappa shape index (κ2) is 8.67. The lowest BCUT2D eigenvalue weighted by Crippen LogP contribution is -2.26. The second-order valence-electron chi connectivity index (χ2n) is 5.43. The first-order valence-electron chi connectivity index (χ1n) is 7.52. The molecule has 2 aromatic rings. The monoisotopic (exact) mass is 401 g/mol. The average molecular weight is 402 g/mol. The minimum atomic E-state index is -3.74. The fourth-order valence-electron chi connectivity index (χ4n) is 2.21. The molecule has 0 aliphatic rings. The van der Waals surface area contributed by atoms with Crippen LogP contribution in [0, 0.1) is 0 Å². The third-order valence-electron chi connectivity index (χ3n) is 3.54. The molecule has 0 amide bonds. The van der Waals surface area contributed by atoms with Crippen molar-refractivity contribution in [2.45, 2.75) is 24.2 Å². The van der Waals surface area contributed by atoms with E-state index in [1.807, 2.05) is 24.3 Å². The maximum atomic E-state index is 12.3. The number of hydrogen-bond acceptors (Lipinski definition) is 3. The number of halogens is 2. The van der Waals surface area contributed by atoms with Crippen molar-refractivity contribution in [2.24, 2.45) is 0 Å². The van der Waals surface area contributed by atoms with Gasteiger partial charge in [-0.2, -0.15) is 0 Å². The summed E-state index contributed by atoms with van der Waals surface area (Å²) in [5.41, 5.74) is 1.87. The third kappa shape index (κ3) is 6.01. The highest BCUT2D eigenvalue weighted by Crippen LogP contribution is 2.24. The van der Waals surface area contributed by atoms with Crippen LogP contribution in [0.25, 0.3) is 0 Å². The SMILES string of the molecule is O=C(O)CCc1ccc(CCNS(=O)(=O)c2cc(Cl)ccc2Cl)cc1. The van der Waals surface area contributed by atoms with Crippen LogP contribution in [-0.2, 0) is 27.7 Å². The molecule has 0 bridgehead atoms. The van der Waals surface area contributed by atoms with Crippen LogP contribution in [0.1, 0.15) is 17.5 Å². The molecule has 2 rings (SSSR count). The summed E-state index contributed by atoms with van der Waals surface area (Å²) in [5.74, 6) is -0.835. The van der Waals surface area contributed by atoms with Crippen molar-refractivity contribution < 1.29 is 18.3 Å². The topological polar surface area (TPSA) is 83.5 Å². The summed E-state index contributed by atoms with van der Waals surface area (Å²) >= 11 is 11.8. The van der Waals surface area contributed by atoms with Gasteiger partial charge in [-0.15, -0.1) is 0 Å². The fraction of sp³-hybridized carbons (Fsp3) is 0.235. The molecular formula is C17H17Cl2NO4S. The highest BCUT2D eigenvalue weighted by atomic mass is 35.5. The molecular weight excluding hydrogens is 385 g/mol. The smallest absolute Gasteiger partial charge is 0.303 e. The van der Waals surface area contributed by atoms with Gasteiger partial charge in [-0.1, -0.05) is 47.5 Å². The molecule has 0 fully saturated rings. The minimum Gasteiger partial charge on any atom is -0.481 e. The zero-order valence-corrected chi connectivity index (χ0v) is 15.5. The van der Waals surface area contributed by atoms with Crippen molar-refractivity contribution in [3.63, 3.8) is 0 Å². The molecule has 0 heterocycles. The number of sulfonamides is 1. The Morgan fingerprint density at radius 3 is 2.20 bits per heavy atom. The molecule has 0 unspecified atom stereocenters. The van der Waals surface area contributed by atoms with E-state index in [4.69, 9.17) is 28.3 Å². The number of hydrogen-bond donors (Lipinski definition) is 2. The van der Waals surface area contributed by atoms with E-state index < -0.39 is 16.0 Å². The maximum Gasteiger partial charge on any atom is 0.303 e. The first kappa shape index (κ1) is 19.7. The largest absolute Gasteiger partial charge is 0.481 e. The third-order valence-corrected chi connectivity index (χ3v) is 5.72. The summed E-state index contributed by atoms with van der Waals surface area (Å²) in [6.07, 6.45) is 1.05. The number of aliphatic carboxylic acids is 1. The van der Waals surface area contributed by atoms with Gasteiger partial charge in [0.05, 0.1) is 5.02 Å². The van der Waals surface area contributed by atoms with Gasteiger partial charge in [0.25, 0.3) is 0 Å². The summed E-state index contributed by atoms with van der Waals surface area (Å²) in [6.45, 7) is 0.208. The molecule has 0 saturated heterocycles. The Hall–Kier alpha value is -1.60. The van der Waals surface area contributed by atoms with Gasteiger partial charge in [-0.25, -0.2) is 13.1 Å². The average Bonchev–Trinajstić information content (AvgIpc) is 2.56. The van der Waals surface area contributed by atoms with Crippen LogP contribution in [0.3, 0.4) is 0 Å². The molecule has 25 heavy (non-hydrogen) atoms. The van der Waals surface area contributed by atoms with Gasteiger partial charge in [0.1, 0.15) is 4.90 Å². The van der Waals surface area contributed by atoms with Gasteiger partial charge < -0.3 is 5.11 Å². The molecule has 0 spiro atoms. The van der Waals surface area contributed by atoms with Gasteiger partial charge >= 0.3 is 5.97 Å². The molecule has 5 nitrogen and oxygen atoms in total. The van der Waals surface area contributed by atoms with E-state index in [-0.39, 0.29) is 22.9 Å². The molecule has 0 saturated carbocycles. The number of carboxylic acid groups (broad SMARTS) is 1. The van der Waals surface area contributed by atoms with Crippen LogP contribution < -0.4 is 4.72 Å². The molecule has 0 radical (unpaired) electrons. The quantitative estimate of drug-likeness (QED) is 0.708. The highest BCUT2D eigenvalue weighted by Gasteiger charge is 2.17. The summed E-state index contributed by atoms with van der Waals surface area (Å²) in [4.78, 5) is 10.5. The molecule has 0 aliphatic carbocycles. The predicted molar refractivity (Wildman–Crippen MR) is 97.8 cm³/mol. The number of rotatable bonds is 8. The van der Waals surface area contributed by atoms with Crippen molar-refractivity contribution in [1.82, 2.24) is 4.72 Å². The Bertz CT molecular complexity index is 851. The van der Waals surface area contributed by atoms with E-state index in [0.717, 1.165) is 11.1 Å². The molecule has 0 aliphatic heterocycles. The van der Waals surface area contributed by atoms with Crippen LogP contribution in [0.4, 0.5) is 0 Å². The number of benzene rings is 2. The van der Waals surface area contributed by atoms with Gasteiger partial charge in [-0.3, -0.25) is 4.79 Å². The lowest BCUT2D eigenvalue weighted by atomic mass is 10.1. The number of aryl methyl sites for hydroxylation is 1. The lowest BCUT2D eigenvalue weighted by Gasteiger charge is -2.09. The van der Waals surface area contributed by atoms with Gasteiger partial charge in [-0.05, 0) is 42.2 Å². The summed E-state index contributed by atoms with van der Waals surface area (Å²) in [5, 5.41) is 9.07. The Labute approximate surface area is 156 Å². The number of carbonyl (C=O) groups is 1. The standard InChI is InChI=1S/C17H17Cl2NO4S/c18-14-6-7-15(19)16(11-14)25(23,24)20-10-9-13-3-1-12(2-4-13)5-8-17(21)22/h1-4,6-7,11,20H,5,8-10H2,(H,21,22). The maximum absolute atomic E-state index is 12.3. The molecule has 134 valence electrons. The highest BCUT2D eigenvalue weighted by molar-refractivity contribution is 7.89. The Kier molecular flexibility index (Phi) is 6.84. The zero-order chi connectivity index (χ0) is 18.4. The van der Waals surface area contributed by atoms with Crippen molar-refractivity contribution in [3.05, 3.63) is 63.6 Å².